The van der Waals surface area contributed by atoms with Gasteiger partial charge in [-0.15, -0.1) is 0 Å². The van der Waals surface area contributed by atoms with E-state index in [1.807, 2.05) is 0 Å². The van der Waals surface area contributed by atoms with Gasteiger partial charge in [0, 0.05) is 5.56 Å². The van der Waals surface area contributed by atoms with Gasteiger partial charge in [0.25, 0.3) is 0 Å². The second kappa shape index (κ2) is 5.43. The number of carboxylic acid groups (broad SMARTS) is 1. The van der Waals surface area contributed by atoms with E-state index >= 15 is 0 Å². The first-order valence-electron chi connectivity index (χ1n) is 6.20. The van der Waals surface area contributed by atoms with E-state index < -0.39 is 11.6 Å². The lowest BCUT2D eigenvalue weighted by Gasteiger charge is -2.21. The van der Waals surface area contributed by atoms with Crippen molar-refractivity contribution in [2.75, 3.05) is 0 Å². The molecule has 0 spiro atoms. The smallest absolute Gasteiger partial charge is 0.306 e. The Balaban J connectivity index is 2.31. The Bertz CT molecular complexity index is 618. The Morgan fingerprint density at radius 1 is 1.15 bits per heavy atom. The topological polar surface area (TPSA) is 57.5 Å². The van der Waals surface area contributed by atoms with Crippen molar-refractivity contribution in [1.82, 2.24) is 0 Å². The molecule has 0 fully saturated rings. The largest absolute Gasteiger partial charge is 0.481 e. The number of aliphatic hydroxyl groups is 1. The molecule has 0 aliphatic carbocycles. The third-order valence-electron chi connectivity index (χ3n) is 3.19. The van der Waals surface area contributed by atoms with E-state index in [-0.39, 0.29) is 12.2 Å². The van der Waals surface area contributed by atoms with Crippen LogP contribution < -0.4 is 0 Å². The molecule has 2 aromatic carbocycles. The SMILES string of the molecule is CC(O)(CC(=O)O)c1ccc(-c2ccccc2F)cc1. The molecule has 2 aromatic rings. The number of hydrogen-bond acceptors (Lipinski definition) is 2. The lowest BCUT2D eigenvalue weighted by atomic mass is 9.91. The lowest BCUT2D eigenvalue weighted by Crippen LogP contribution is -2.24. The molecule has 0 amide bonds. The predicted molar refractivity (Wildman–Crippen MR) is 73.7 cm³/mol. The van der Waals surface area contributed by atoms with Gasteiger partial charge in [0.1, 0.15) is 5.82 Å². The van der Waals surface area contributed by atoms with Gasteiger partial charge in [0.15, 0.2) is 0 Å². The van der Waals surface area contributed by atoms with E-state index in [2.05, 4.69) is 0 Å². The maximum atomic E-state index is 13.7. The van der Waals surface area contributed by atoms with Crippen LogP contribution >= 0.6 is 0 Å². The van der Waals surface area contributed by atoms with E-state index in [9.17, 15) is 14.3 Å². The minimum Gasteiger partial charge on any atom is -0.481 e. The Morgan fingerprint density at radius 3 is 2.30 bits per heavy atom. The third kappa shape index (κ3) is 3.03. The molecule has 0 bridgehead atoms. The van der Waals surface area contributed by atoms with Gasteiger partial charge < -0.3 is 10.2 Å². The molecule has 0 heterocycles. The van der Waals surface area contributed by atoms with E-state index in [0.29, 0.717) is 16.7 Å². The third-order valence-corrected chi connectivity index (χ3v) is 3.19. The summed E-state index contributed by atoms with van der Waals surface area (Å²) in [5.74, 6) is -1.40. The van der Waals surface area contributed by atoms with Crippen LogP contribution in [0.5, 0.6) is 0 Å². The number of hydrogen-bond donors (Lipinski definition) is 2. The summed E-state index contributed by atoms with van der Waals surface area (Å²) >= 11 is 0. The molecule has 104 valence electrons. The fourth-order valence-electron chi connectivity index (χ4n) is 2.10. The van der Waals surface area contributed by atoms with Gasteiger partial charge >= 0.3 is 5.97 Å². The van der Waals surface area contributed by atoms with Gasteiger partial charge in [-0.2, -0.15) is 0 Å². The Kier molecular flexibility index (Phi) is 3.86. The number of aliphatic carboxylic acids is 1. The number of benzene rings is 2. The molecule has 3 nitrogen and oxygen atoms in total. The number of rotatable bonds is 4. The second-order valence-electron chi connectivity index (χ2n) is 4.90. The maximum absolute atomic E-state index is 13.7. The van der Waals surface area contributed by atoms with Crippen molar-refractivity contribution in [2.24, 2.45) is 0 Å². The van der Waals surface area contributed by atoms with Crippen molar-refractivity contribution < 1.29 is 19.4 Å². The summed E-state index contributed by atoms with van der Waals surface area (Å²) in [4.78, 5) is 10.7. The maximum Gasteiger partial charge on any atom is 0.306 e. The molecule has 1 atom stereocenters. The van der Waals surface area contributed by atoms with Crippen molar-refractivity contribution >= 4 is 5.97 Å². The van der Waals surface area contributed by atoms with Crippen LogP contribution in [0.25, 0.3) is 11.1 Å². The van der Waals surface area contributed by atoms with Gasteiger partial charge in [0.05, 0.1) is 12.0 Å². The summed E-state index contributed by atoms with van der Waals surface area (Å²) in [6.07, 6.45) is -0.383. The van der Waals surface area contributed by atoms with Crippen LogP contribution in [0.2, 0.25) is 0 Å². The number of carboxylic acids is 1. The summed E-state index contributed by atoms with van der Waals surface area (Å²) in [6, 6.07) is 13.0. The van der Waals surface area contributed by atoms with Crippen molar-refractivity contribution in [3.8, 4) is 11.1 Å². The average Bonchev–Trinajstić information content (AvgIpc) is 2.38. The van der Waals surface area contributed by atoms with Crippen LogP contribution in [-0.2, 0) is 10.4 Å². The molecule has 0 saturated heterocycles. The minimum absolute atomic E-state index is 0.322. The van der Waals surface area contributed by atoms with Crippen LogP contribution in [0.4, 0.5) is 4.39 Å². The highest BCUT2D eigenvalue weighted by atomic mass is 19.1. The standard InChI is InChI=1S/C16H15FO3/c1-16(20,10-15(18)19)12-8-6-11(7-9-12)13-4-2-3-5-14(13)17/h2-9,20H,10H2,1H3,(H,18,19). The fraction of sp³-hybridized carbons (Fsp3) is 0.188. The van der Waals surface area contributed by atoms with E-state index in [1.165, 1.54) is 13.0 Å². The van der Waals surface area contributed by atoms with Crippen molar-refractivity contribution in [1.29, 1.82) is 0 Å². The lowest BCUT2D eigenvalue weighted by molar-refractivity contribution is -0.142. The van der Waals surface area contributed by atoms with Gasteiger partial charge in [-0.25, -0.2) is 4.39 Å². The van der Waals surface area contributed by atoms with Crippen molar-refractivity contribution in [3.63, 3.8) is 0 Å². The molecule has 4 heteroatoms. The summed E-state index contributed by atoms with van der Waals surface area (Å²) in [7, 11) is 0. The minimum atomic E-state index is -1.44. The van der Waals surface area contributed by atoms with E-state index in [4.69, 9.17) is 5.11 Å². The molecule has 0 aromatic heterocycles. The zero-order chi connectivity index (χ0) is 14.8. The first-order valence-corrected chi connectivity index (χ1v) is 6.20. The zero-order valence-corrected chi connectivity index (χ0v) is 11.0. The summed E-state index contributed by atoms with van der Waals surface area (Å²) in [5.41, 5.74) is 0.189. The number of carbonyl (C=O) groups is 1. The van der Waals surface area contributed by atoms with Crippen LogP contribution in [0, 0.1) is 5.82 Å². The van der Waals surface area contributed by atoms with Crippen LogP contribution in [0.1, 0.15) is 18.9 Å². The molecule has 2 N–H and O–H groups in total. The van der Waals surface area contributed by atoms with Crippen LogP contribution in [0.15, 0.2) is 48.5 Å². The normalized spacial score (nSPS) is 13.8. The average molecular weight is 274 g/mol. The second-order valence-corrected chi connectivity index (χ2v) is 4.90. The van der Waals surface area contributed by atoms with Gasteiger partial charge in [0.2, 0.25) is 0 Å². The molecule has 0 aliphatic rings. The van der Waals surface area contributed by atoms with Crippen molar-refractivity contribution in [3.05, 3.63) is 59.9 Å². The Morgan fingerprint density at radius 2 is 1.75 bits per heavy atom. The first kappa shape index (κ1) is 14.2. The Hall–Kier alpha value is -2.20. The molecule has 0 radical (unpaired) electrons. The molecule has 0 aliphatic heterocycles. The summed E-state index contributed by atoms with van der Waals surface area (Å²) in [6.45, 7) is 1.44. The van der Waals surface area contributed by atoms with Gasteiger partial charge in [-0.1, -0.05) is 42.5 Å². The van der Waals surface area contributed by atoms with Gasteiger partial charge in [-0.3, -0.25) is 4.79 Å². The highest BCUT2D eigenvalue weighted by molar-refractivity contribution is 5.69. The molecular weight excluding hydrogens is 259 g/mol. The molecule has 1 unspecified atom stereocenters. The van der Waals surface area contributed by atoms with Crippen molar-refractivity contribution in [2.45, 2.75) is 18.9 Å². The quantitative estimate of drug-likeness (QED) is 0.900. The summed E-state index contributed by atoms with van der Waals surface area (Å²) in [5, 5.41) is 18.9. The molecule has 0 saturated carbocycles. The molecular formula is C16H15FO3. The molecule has 2 rings (SSSR count). The monoisotopic (exact) mass is 274 g/mol. The van der Waals surface area contributed by atoms with E-state index in [1.54, 1.807) is 42.5 Å². The Labute approximate surface area is 116 Å². The molecule has 20 heavy (non-hydrogen) atoms. The van der Waals surface area contributed by atoms with Crippen LogP contribution in [0.3, 0.4) is 0 Å². The zero-order valence-electron chi connectivity index (χ0n) is 11.0. The number of halogens is 1. The predicted octanol–water partition coefficient (Wildman–Crippen LogP) is 3.17. The van der Waals surface area contributed by atoms with E-state index in [0.717, 1.165) is 0 Å². The highest BCUT2D eigenvalue weighted by Crippen LogP contribution is 2.28. The van der Waals surface area contributed by atoms with Gasteiger partial charge in [-0.05, 0) is 24.1 Å². The first-order chi connectivity index (χ1) is 9.40. The highest BCUT2D eigenvalue weighted by Gasteiger charge is 2.26. The summed E-state index contributed by atoms with van der Waals surface area (Å²) < 4.78 is 13.7. The fourth-order valence-corrected chi connectivity index (χ4v) is 2.10. The van der Waals surface area contributed by atoms with Crippen LogP contribution in [-0.4, -0.2) is 16.2 Å².